The van der Waals surface area contributed by atoms with Gasteiger partial charge in [-0.15, -0.1) is 0 Å². The lowest BCUT2D eigenvalue weighted by Gasteiger charge is -2.45. The maximum atomic E-state index is 11.9. The molecule has 1 N–H and O–H groups in total. The van der Waals surface area contributed by atoms with Gasteiger partial charge in [0.1, 0.15) is 0 Å². The van der Waals surface area contributed by atoms with Crippen LogP contribution in [0.25, 0.3) is 5.82 Å². The van der Waals surface area contributed by atoms with E-state index in [1.54, 1.807) is 0 Å². The van der Waals surface area contributed by atoms with Gasteiger partial charge in [0, 0.05) is 37.6 Å². The highest BCUT2D eigenvalue weighted by atomic mass is 16.2. The summed E-state index contributed by atoms with van der Waals surface area (Å²) in [5.74, 6) is 1.21. The van der Waals surface area contributed by atoms with Crippen molar-refractivity contribution in [2.24, 2.45) is 0 Å². The Hall–Kier alpha value is -2.30. The number of likely N-dealkylation sites (tertiary alicyclic amines) is 1. The molecule has 1 fully saturated rings. The Kier molecular flexibility index (Phi) is 2.96. The van der Waals surface area contributed by atoms with Crippen LogP contribution in [0.4, 0.5) is 5.69 Å². The lowest BCUT2D eigenvalue weighted by molar-refractivity contribution is -0.132. The number of amides is 1. The number of piperidine rings is 1. The highest BCUT2D eigenvalue weighted by Gasteiger charge is 2.42. The molecule has 22 heavy (non-hydrogen) atoms. The van der Waals surface area contributed by atoms with Gasteiger partial charge in [-0.05, 0) is 37.1 Å². The van der Waals surface area contributed by atoms with E-state index in [4.69, 9.17) is 0 Å². The topological polar surface area (TPSA) is 50.2 Å². The zero-order valence-electron chi connectivity index (χ0n) is 12.7. The second kappa shape index (κ2) is 4.87. The monoisotopic (exact) mass is 296 g/mol. The van der Waals surface area contributed by atoms with Crippen molar-refractivity contribution in [1.82, 2.24) is 14.5 Å². The Morgan fingerprint density at radius 2 is 2.14 bits per heavy atom. The number of nitrogens with zero attached hydrogens (tertiary/aromatic N) is 3. The largest absolute Gasteiger partial charge is 0.371 e. The van der Waals surface area contributed by atoms with Gasteiger partial charge in [0.05, 0.1) is 11.2 Å². The number of nitrogens with one attached hydrogen (secondary N) is 1. The Balaban J connectivity index is 1.69. The molecular weight excluding hydrogens is 276 g/mol. The van der Waals surface area contributed by atoms with Gasteiger partial charge in [0.25, 0.3) is 0 Å². The zero-order valence-corrected chi connectivity index (χ0v) is 12.7. The van der Waals surface area contributed by atoms with Crippen molar-refractivity contribution in [3.05, 3.63) is 42.4 Å². The van der Waals surface area contributed by atoms with Crippen molar-refractivity contribution in [3.8, 4) is 5.82 Å². The maximum absolute atomic E-state index is 11.9. The fraction of sp³-hybridized carbons (Fsp3) is 0.412. The predicted octanol–water partition coefficient (Wildman–Crippen LogP) is 2.53. The number of carbonyl (C=O) groups excluding carboxylic acids is 1. The van der Waals surface area contributed by atoms with Crippen LogP contribution in [0.2, 0.25) is 0 Å². The zero-order chi connectivity index (χ0) is 15.2. The molecule has 0 aromatic carbocycles. The van der Waals surface area contributed by atoms with Gasteiger partial charge in [-0.25, -0.2) is 4.98 Å². The smallest absolute Gasteiger partial charge is 0.222 e. The van der Waals surface area contributed by atoms with Crippen LogP contribution in [0.15, 0.2) is 36.7 Å². The average Bonchev–Trinajstić information content (AvgIpc) is 3.06. The van der Waals surface area contributed by atoms with Crippen molar-refractivity contribution >= 4 is 11.6 Å². The third-order valence-electron chi connectivity index (χ3n) is 4.90. The number of anilines is 1. The number of hydrogen-bond acceptors (Lipinski definition) is 3. The molecule has 1 saturated heterocycles. The fourth-order valence-corrected chi connectivity index (χ4v) is 3.71. The van der Waals surface area contributed by atoms with Crippen LogP contribution in [-0.4, -0.2) is 33.4 Å². The van der Waals surface area contributed by atoms with Crippen molar-refractivity contribution in [2.45, 2.75) is 31.7 Å². The lowest BCUT2D eigenvalue weighted by atomic mass is 9.82. The molecule has 5 heteroatoms. The van der Waals surface area contributed by atoms with E-state index in [-0.39, 0.29) is 11.4 Å². The standard InChI is InChI=1S/C17H20N4O/c1-2-15(22)20-11-7-17(8-12-20)14-6-4-10-21(14)16-13(19-17)5-3-9-18-16/h3-6,9-10,19H,2,7-8,11-12H2,1H3. The van der Waals surface area contributed by atoms with E-state index in [1.807, 2.05) is 24.1 Å². The molecule has 2 aliphatic rings. The van der Waals surface area contributed by atoms with Gasteiger partial charge in [0.15, 0.2) is 5.82 Å². The predicted molar refractivity (Wildman–Crippen MR) is 85.0 cm³/mol. The minimum atomic E-state index is -0.0932. The summed E-state index contributed by atoms with van der Waals surface area (Å²) in [6.45, 7) is 3.54. The Labute approximate surface area is 130 Å². The highest BCUT2D eigenvalue weighted by molar-refractivity contribution is 5.76. The van der Waals surface area contributed by atoms with Gasteiger partial charge >= 0.3 is 0 Å². The molecule has 0 atom stereocenters. The van der Waals surface area contributed by atoms with E-state index in [0.717, 1.165) is 37.4 Å². The molecule has 1 amide bonds. The molecule has 4 rings (SSSR count). The van der Waals surface area contributed by atoms with E-state index in [0.29, 0.717) is 6.42 Å². The number of carbonyl (C=O) groups is 1. The van der Waals surface area contributed by atoms with Gasteiger partial charge in [-0.3, -0.25) is 4.79 Å². The van der Waals surface area contributed by atoms with Gasteiger partial charge in [-0.2, -0.15) is 0 Å². The molecule has 5 nitrogen and oxygen atoms in total. The molecule has 0 saturated carbocycles. The van der Waals surface area contributed by atoms with E-state index >= 15 is 0 Å². The molecule has 114 valence electrons. The summed E-state index contributed by atoms with van der Waals surface area (Å²) in [6.07, 6.45) is 6.34. The summed E-state index contributed by atoms with van der Waals surface area (Å²) >= 11 is 0. The second-order valence-electron chi connectivity index (χ2n) is 6.08. The first-order chi connectivity index (χ1) is 10.7. The van der Waals surface area contributed by atoms with Crippen LogP contribution < -0.4 is 5.32 Å². The van der Waals surface area contributed by atoms with E-state index in [2.05, 4.69) is 39.3 Å². The van der Waals surface area contributed by atoms with Crippen LogP contribution in [0.3, 0.4) is 0 Å². The number of fused-ring (bicyclic) bond motifs is 4. The van der Waals surface area contributed by atoms with Crippen LogP contribution in [0.1, 0.15) is 31.9 Å². The van der Waals surface area contributed by atoms with Crippen molar-refractivity contribution in [1.29, 1.82) is 0 Å². The van der Waals surface area contributed by atoms with Crippen molar-refractivity contribution < 1.29 is 4.79 Å². The van der Waals surface area contributed by atoms with Crippen LogP contribution in [0.5, 0.6) is 0 Å². The minimum absolute atomic E-state index is 0.0932. The summed E-state index contributed by atoms with van der Waals surface area (Å²) in [5.41, 5.74) is 2.23. The highest BCUT2D eigenvalue weighted by Crippen LogP contribution is 2.42. The molecule has 4 heterocycles. The fourth-order valence-electron chi connectivity index (χ4n) is 3.71. The summed E-state index contributed by atoms with van der Waals surface area (Å²) in [7, 11) is 0. The molecule has 2 aromatic heterocycles. The van der Waals surface area contributed by atoms with Crippen LogP contribution in [-0.2, 0) is 10.3 Å². The Bertz CT molecular complexity index is 713. The first-order valence-corrected chi connectivity index (χ1v) is 7.93. The first kappa shape index (κ1) is 13.4. The van der Waals surface area contributed by atoms with Gasteiger partial charge in [-0.1, -0.05) is 6.92 Å². The van der Waals surface area contributed by atoms with Gasteiger partial charge < -0.3 is 14.8 Å². The molecule has 0 bridgehead atoms. The lowest BCUT2D eigenvalue weighted by Crippen LogP contribution is -2.51. The molecular formula is C17H20N4O. The first-order valence-electron chi connectivity index (χ1n) is 7.93. The van der Waals surface area contributed by atoms with Crippen molar-refractivity contribution in [2.75, 3.05) is 18.4 Å². The Morgan fingerprint density at radius 1 is 1.32 bits per heavy atom. The van der Waals surface area contributed by atoms with Crippen molar-refractivity contribution in [3.63, 3.8) is 0 Å². The summed E-state index contributed by atoms with van der Waals surface area (Å²) < 4.78 is 2.18. The summed E-state index contributed by atoms with van der Waals surface area (Å²) in [5, 5.41) is 3.71. The van der Waals surface area contributed by atoms with E-state index in [1.165, 1.54) is 5.69 Å². The maximum Gasteiger partial charge on any atom is 0.222 e. The molecule has 0 aliphatic carbocycles. The second-order valence-corrected chi connectivity index (χ2v) is 6.08. The molecule has 2 aliphatic heterocycles. The number of pyridine rings is 1. The third-order valence-corrected chi connectivity index (χ3v) is 4.90. The summed E-state index contributed by atoms with van der Waals surface area (Å²) in [6, 6.07) is 8.29. The van der Waals surface area contributed by atoms with E-state index in [9.17, 15) is 4.79 Å². The van der Waals surface area contributed by atoms with Crippen LogP contribution >= 0.6 is 0 Å². The molecule has 1 spiro atoms. The number of hydrogen-bond donors (Lipinski definition) is 1. The van der Waals surface area contributed by atoms with Crippen LogP contribution in [0, 0.1) is 0 Å². The molecule has 2 aromatic rings. The number of rotatable bonds is 1. The quantitative estimate of drug-likeness (QED) is 0.880. The summed E-state index contributed by atoms with van der Waals surface area (Å²) in [4.78, 5) is 18.4. The average molecular weight is 296 g/mol. The van der Waals surface area contributed by atoms with Gasteiger partial charge in [0.2, 0.25) is 5.91 Å². The normalized spacial score (nSPS) is 18.5. The molecule has 0 radical (unpaired) electrons. The van der Waals surface area contributed by atoms with E-state index < -0.39 is 0 Å². The third kappa shape index (κ3) is 1.85. The SMILES string of the molecule is CCC(=O)N1CCC2(CC1)Nc1cccnc1-n1cccc12. The number of aromatic nitrogens is 2. The Morgan fingerprint density at radius 3 is 2.91 bits per heavy atom. The molecule has 0 unspecified atom stereocenters. The minimum Gasteiger partial charge on any atom is -0.371 e.